The number of aromatic nitrogens is 3. The van der Waals surface area contributed by atoms with Gasteiger partial charge in [0.25, 0.3) is 0 Å². The highest BCUT2D eigenvalue weighted by atomic mass is 16.5. The molecule has 1 rings (SSSR count). The largest absolute Gasteiger partial charge is 0.464 e. The molecule has 1 heterocycles. The Hall–Kier alpha value is -1.63. The monoisotopic (exact) mass is 269 g/mol. The van der Waals surface area contributed by atoms with E-state index >= 15 is 0 Å². The van der Waals surface area contributed by atoms with Gasteiger partial charge >= 0.3 is 6.01 Å². The molecule has 19 heavy (non-hydrogen) atoms. The van der Waals surface area contributed by atoms with E-state index in [1.807, 2.05) is 13.8 Å². The van der Waals surface area contributed by atoms with E-state index in [1.165, 1.54) is 0 Å². The number of hydrogen-bond acceptors (Lipinski definition) is 7. The summed E-state index contributed by atoms with van der Waals surface area (Å²) in [4.78, 5) is 12.6. The average molecular weight is 269 g/mol. The van der Waals surface area contributed by atoms with Crippen molar-refractivity contribution in [1.29, 1.82) is 0 Å². The molecule has 1 aromatic heterocycles. The molecule has 0 aromatic carbocycles. The highest BCUT2D eigenvalue weighted by Gasteiger charge is 2.06. The zero-order valence-corrected chi connectivity index (χ0v) is 11.9. The summed E-state index contributed by atoms with van der Waals surface area (Å²) in [7, 11) is 1.70. The lowest BCUT2D eigenvalue weighted by atomic mass is 10.3. The molecule has 7 nitrogen and oxygen atoms in total. The number of rotatable bonds is 10. The molecular weight excluding hydrogens is 246 g/mol. The van der Waals surface area contributed by atoms with Gasteiger partial charge in [0, 0.05) is 26.8 Å². The maximum atomic E-state index is 5.32. The molecule has 0 radical (unpaired) electrons. The van der Waals surface area contributed by atoms with Gasteiger partial charge in [0.15, 0.2) is 0 Å². The number of anilines is 2. The summed E-state index contributed by atoms with van der Waals surface area (Å²) in [5, 5.41) is 6.22. The van der Waals surface area contributed by atoms with Gasteiger partial charge in [0.1, 0.15) is 0 Å². The number of nitrogens with one attached hydrogen (secondary N) is 2. The first-order valence-corrected chi connectivity index (χ1v) is 6.65. The molecule has 1 aromatic rings. The fourth-order valence-corrected chi connectivity index (χ4v) is 1.44. The lowest BCUT2D eigenvalue weighted by molar-refractivity contribution is 0.193. The molecule has 0 aliphatic rings. The molecule has 2 N–H and O–H groups in total. The van der Waals surface area contributed by atoms with Gasteiger partial charge < -0.3 is 20.1 Å². The second-order valence-corrected chi connectivity index (χ2v) is 3.86. The number of nitrogens with zero attached hydrogens (tertiary/aromatic N) is 3. The first kappa shape index (κ1) is 15.4. The highest BCUT2D eigenvalue weighted by molar-refractivity contribution is 5.35. The molecule has 0 fully saturated rings. The van der Waals surface area contributed by atoms with Crippen molar-refractivity contribution in [2.75, 3.05) is 44.0 Å². The lowest BCUT2D eigenvalue weighted by Gasteiger charge is -2.09. The average Bonchev–Trinajstić information content (AvgIpc) is 2.39. The van der Waals surface area contributed by atoms with Crippen molar-refractivity contribution in [2.24, 2.45) is 0 Å². The van der Waals surface area contributed by atoms with Crippen molar-refractivity contribution in [3.8, 4) is 6.01 Å². The van der Waals surface area contributed by atoms with Crippen LogP contribution in [0.25, 0.3) is 0 Å². The van der Waals surface area contributed by atoms with Crippen LogP contribution in [0.1, 0.15) is 26.7 Å². The van der Waals surface area contributed by atoms with Gasteiger partial charge in [-0.3, -0.25) is 0 Å². The first-order valence-electron chi connectivity index (χ1n) is 6.65. The Morgan fingerprint density at radius 2 is 1.74 bits per heavy atom. The molecule has 0 amide bonds. The van der Waals surface area contributed by atoms with Crippen molar-refractivity contribution >= 4 is 11.9 Å². The molecule has 0 bridgehead atoms. The molecule has 0 aliphatic heterocycles. The third kappa shape index (κ3) is 6.19. The van der Waals surface area contributed by atoms with Crippen molar-refractivity contribution < 1.29 is 9.47 Å². The number of hydrogen-bond donors (Lipinski definition) is 2. The predicted octanol–water partition coefficient (Wildman–Crippen LogP) is 1.54. The molecule has 0 saturated carbocycles. The highest BCUT2D eigenvalue weighted by Crippen LogP contribution is 2.11. The van der Waals surface area contributed by atoms with Crippen molar-refractivity contribution in [3.63, 3.8) is 0 Å². The summed E-state index contributed by atoms with van der Waals surface area (Å²) in [5.74, 6) is 1.06. The summed E-state index contributed by atoms with van der Waals surface area (Å²) in [6.07, 6.45) is 2.01. The molecule has 0 aliphatic carbocycles. The Balaban J connectivity index is 2.54. The molecule has 108 valence electrons. The van der Waals surface area contributed by atoms with Gasteiger partial charge in [-0.15, -0.1) is 0 Å². The van der Waals surface area contributed by atoms with Gasteiger partial charge in [-0.2, -0.15) is 15.0 Å². The Bertz CT molecular complexity index is 338. The molecule has 0 unspecified atom stereocenters. The molecular formula is C12H23N5O2. The molecule has 7 heteroatoms. The quantitative estimate of drug-likeness (QED) is 0.623. The summed E-state index contributed by atoms with van der Waals surface area (Å²) >= 11 is 0. The van der Waals surface area contributed by atoms with E-state index in [0.29, 0.717) is 24.5 Å². The molecule has 0 atom stereocenters. The van der Waals surface area contributed by atoms with E-state index < -0.39 is 0 Å². The van der Waals surface area contributed by atoms with Crippen molar-refractivity contribution in [1.82, 2.24) is 15.0 Å². The van der Waals surface area contributed by atoms with Gasteiger partial charge in [-0.1, -0.05) is 0 Å². The standard InChI is InChI=1S/C12H23N5O2/c1-4-13-10-15-11(14-8-6-7-9-18-3)17-12(16-10)19-5-2/h4-9H2,1-3H3,(H2,13,14,15,16,17). The molecule has 0 spiro atoms. The Kier molecular flexibility index (Phi) is 7.57. The van der Waals surface area contributed by atoms with Crippen LogP contribution in [0, 0.1) is 0 Å². The summed E-state index contributed by atoms with van der Waals surface area (Å²) in [5.41, 5.74) is 0. The zero-order chi connectivity index (χ0) is 13.9. The van der Waals surface area contributed by atoms with Crippen LogP contribution in [0.5, 0.6) is 6.01 Å². The minimum atomic E-state index is 0.341. The topological polar surface area (TPSA) is 81.2 Å². The fourth-order valence-electron chi connectivity index (χ4n) is 1.44. The smallest absolute Gasteiger partial charge is 0.323 e. The SMILES string of the molecule is CCNc1nc(NCCCCOC)nc(OCC)n1. The minimum Gasteiger partial charge on any atom is -0.464 e. The number of methoxy groups -OCH3 is 1. The van der Waals surface area contributed by atoms with Crippen LogP contribution in [0.3, 0.4) is 0 Å². The van der Waals surface area contributed by atoms with Gasteiger partial charge in [-0.25, -0.2) is 0 Å². The summed E-state index contributed by atoms with van der Waals surface area (Å²) in [6.45, 7) is 6.73. The second kappa shape index (κ2) is 9.32. The van der Waals surface area contributed by atoms with E-state index in [1.54, 1.807) is 7.11 Å². The first-order chi connectivity index (χ1) is 9.30. The maximum Gasteiger partial charge on any atom is 0.323 e. The maximum absolute atomic E-state index is 5.32. The third-order valence-corrected chi connectivity index (χ3v) is 2.28. The van der Waals surface area contributed by atoms with Gasteiger partial charge in [-0.05, 0) is 26.7 Å². The van der Waals surface area contributed by atoms with Crippen molar-refractivity contribution in [2.45, 2.75) is 26.7 Å². The zero-order valence-electron chi connectivity index (χ0n) is 11.9. The number of ether oxygens (including phenoxy) is 2. The second-order valence-electron chi connectivity index (χ2n) is 3.86. The lowest BCUT2D eigenvalue weighted by Crippen LogP contribution is -2.11. The van der Waals surface area contributed by atoms with E-state index in [2.05, 4.69) is 25.6 Å². The van der Waals surface area contributed by atoms with Crippen LogP contribution in [-0.4, -0.2) is 48.4 Å². The van der Waals surface area contributed by atoms with Crippen LogP contribution >= 0.6 is 0 Å². The predicted molar refractivity (Wildman–Crippen MR) is 74.8 cm³/mol. The fraction of sp³-hybridized carbons (Fsp3) is 0.750. The van der Waals surface area contributed by atoms with Crippen LogP contribution in [0.4, 0.5) is 11.9 Å². The van der Waals surface area contributed by atoms with Crippen LogP contribution in [0.15, 0.2) is 0 Å². The Labute approximate surface area is 114 Å². The van der Waals surface area contributed by atoms with Gasteiger partial charge in [0.05, 0.1) is 6.61 Å². The number of unbranched alkanes of at least 4 members (excludes halogenated alkanes) is 1. The normalized spacial score (nSPS) is 10.3. The van der Waals surface area contributed by atoms with E-state index in [0.717, 1.165) is 32.5 Å². The van der Waals surface area contributed by atoms with Crippen LogP contribution < -0.4 is 15.4 Å². The van der Waals surface area contributed by atoms with Crippen LogP contribution in [-0.2, 0) is 4.74 Å². The van der Waals surface area contributed by atoms with Crippen molar-refractivity contribution in [3.05, 3.63) is 0 Å². The van der Waals surface area contributed by atoms with Gasteiger partial charge in [0.2, 0.25) is 11.9 Å². The van der Waals surface area contributed by atoms with E-state index in [4.69, 9.17) is 9.47 Å². The van der Waals surface area contributed by atoms with E-state index in [-0.39, 0.29) is 0 Å². The summed E-state index contributed by atoms with van der Waals surface area (Å²) < 4.78 is 10.3. The molecule has 0 saturated heterocycles. The van der Waals surface area contributed by atoms with E-state index in [9.17, 15) is 0 Å². The minimum absolute atomic E-state index is 0.341. The Morgan fingerprint density at radius 3 is 2.37 bits per heavy atom. The summed E-state index contributed by atoms with van der Waals surface area (Å²) in [6, 6.07) is 0.341. The Morgan fingerprint density at radius 1 is 1.00 bits per heavy atom. The van der Waals surface area contributed by atoms with Crippen LogP contribution in [0.2, 0.25) is 0 Å². The third-order valence-electron chi connectivity index (χ3n) is 2.28.